The first-order valence-corrected chi connectivity index (χ1v) is 10.9. The van der Waals surface area contributed by atoms with Crippen LogP contribution in [0.25, 0.3) is 0 Å². The maximum Gasteiger partial charge on any atom is 0.260 e. The van der Waals surface area contributed by atoms with Gasteiger partial charge in [-0.05, 0) is 30.5 Å². The summed E-state index contributed by atoms with van der Waals surface area (Å²) in [4.78, 5) is 14.5. The van der Waals surface area contributed by atoms with Crippen LogP contribution in [-0.4, -0.2) is 36.7 Å². The Hall–Kier alpha value is -0.950. The number of halogens is 6. The van der Waals surface area contributed by atoms with Crippen molar-refractivity contribution in [3.8, 4) is 5.75 Å². The number of ether oxygens (including phenoxy) is 2. The second kappa shape index (κ2) is 10.6. The number of benzene rings is 2. The fourth-order valence-electron chi connectivity index (χ4n) is 3.04. The number of carbonyl (C=O) groups is 1. The zero-order valence-electron chi connectivity index (χ0n) is 15.6. The molecule has 1 fully saturated rings. The first-order valence-electron chi connectivity index (χ1n) is 9.06. The minimum Gasteiger partial charge on any atom is -0.481 e. The Balaban J connectivity index is 1.75. The zero-order chi connectivity index (χ0) is 21.8. The average Bonchev–Trinajstić information content (AvgIpc) is 3.25. The van der Waals surface area contributed by atoms with Crippen LogP contribution >= 0.6 is 58.0 Å². The summed E-state index contributed by atoms with van der Waals surface area (Å²) in [7, 11) is 0. The predicted molar refractivity (Wildman–Crippen MR) is 118 cm³/mol. The molecule has 10 heteroatoms. The molecule has 1 amide bonds. The highest BCUT2D eigenvalue weighted by molar-refractivity contribution is 6.55. The summed E-state index contributed by atoms with van der Waals surface area (Å²) in [5.41, 5.74) is 0.774. The molecule has 2 aromatic carbocycles. The highest BCUT2D eigenvalue weighted by atomic mass is 35.5. The van der Waals surface area contributed by atoms with Crippen LogP contribution < -0.4 is 4.74 Å². The van der Waals surface area contributed by atoms with E-state index in [2.05, 4.69) is 0 Å². The molecule has 1 atom stereocenters. The van der Waals surface area contributed by atoms with Gasteiger partial charge in [-0.3, -0.25) is 4.79 Å². The zero-order valence-corrected chi connectivity index (χ0v) is 19.3. The molecule has 0 aliphatic carbocycles. The van der Waals surface area contributed by atoms with Crippen molar-refractivity contribution >= 4 is 63.9 Å². The third-order valence-corrected chi connectivity index (χ3v) is 6.84. The van der Waals surface area contributed by atoms with E-state index in [0.29, 0.717) is 13.2 Å². The topological polar surface area (TPSA) is 38.8 Å². The van der Waals surface area contributed by atoms with Crippen LogP contribution in [0.1, 0.15) is 18.4 Å². The lowest BCUT2D eigenvalue weighted by Gasteiger charge is -2.26. The molecule has 1 aliphatic rings. The molecule has 3 rings (SSSR count). The van der Waals surface area contributed by atoms with E-state index in [1.54, 1.807) is 17.0 Å². The molecular formula is C20H17Cl5FNO3. The molecular weight excluding hydrogens is 498 g/mol. The van der Waals surface area contributed by atoms with E-state index in [-0.39, 0.29) is 61.8 Å². The molecule has 0 saturated carbocycles. The number of hydrogen-bond donors (Lipinski definition) is 0. The number of carbonyl (C=O) groups excluding carboxylic acids is 1. The molecule has 4 nitrogen and oxygen atoms in total. The van der Waals surface area contributed by atoms with Crippen LogP contribution in [-0.2, 0) is 16.1 Å². The van der Waals surface area contributed by atoms with E-state index in [0.717, 1.165) is 18.4 Å². The molecule has 0 N–H and O–H groups in total. The van der Waals surface area contributed by atoms with E-state index in [9.17, 15) is 9.18 Å². The lowest BCUT2D eigenvalue weighted by atomic mass is 10.1. The third-order valence-electron chi connectivity index (χ3n) is 4.60. The van der Waals surface area contributed by atoms with Crippen molar-refractivity contribution in [3.05, 3.63) is 60.8 Å². The second-order valence-electron chi connectivity index (χ2n) is 6.72. The van der Waals surface area contributed by atoms with Gasteiger partial charge in [0.25, 0.3) is 5.91 Å². The maximum absolute atomic E-state index is 13.2. The molecule has 1 heterocycles. The first-order chi connectivity index (χ1) is 14.3. The highest BCUT2D eigenvalue weighted by Gasteiger charge is 2.25. The fourth-order valence-corrected chi connectivity index (χ4v) is 4.27. The molecule has 162 valence electrons. The molecule has 0 aromatic heterocycles. The molecule has 30 heavy (non-hydrogen) atoms. The molecule has 1 aliphatic heterocycles. The van der Waals surface area contributed by atoms with E-state index < -0.39 is 0 Å². The van der Waals surface area contributed by atoms with Gasteiger partial charge in [0.1, 0.15) is 15.9 Å². The third kappa shape index (κ3) is 5.64. The SMILES string of the molecule is O=C(COc1c(Cl)c(Cl)c(Cl)c(Cl)c1Cl)N(Cc1ccc(F)cc1)CC1CCCO1. The molecule has 1 unspecified atom stereocenters. The van der Waals surface area contributed by atoms with Crippen LogP contribution in [0.3, 0.4) is 0 Å². The van der Waals surface area contributed by atoms with Gasteiger partial charge < -0.3 is 14.4 Å². The highest BCUT2D eigenvalue weighted by Crippen LogP contribution is 2.48. The van der Waals surface area contributed by atoms with Crippen LogP contribution in [0.15, 0.2) is 24.3 Å². The summed E-state index contributed by atoms with van der Waals surface area (Å²) >= 11 is 30.4. The Morgan fingerprint density at radius 2 is 1.63 bits per heavy atom. The Bertz CT molecular complexity index is 891. The largest absolute Gasteiger partial charge is 0.481 e. The Labute approximate surface area is 198 Å². The van der Waals surface area contributed by atoms with E-state index in [1.807, 2.05) is 0 Å². The van der Waals surface area contributed by atoms with Crippen LogP contribution in [0, 0.1) is 5.82 Å². The quantitative estimate of drug-likeness (QED) is 0.305. The van der Waals surface area contributed by atoms with Crippen LogP contribution in [0.2, 0.25) is 25.1 Å². The Kier molecular flexibility index (Phi) is 8.36. The average molecular weight is 516 g/mol. The van der Waals surface area contributed by atoms with Crippen molar-refractivity contribution < 1.29 is 18.7 Å². The number of nitrogens with zero attached hydrogens (tertiary/aromatic N) is 1. The van der Waals surface area contributed by atoms with Crippen LogP contribution in [0.5, 0.6) is 5.75 Å². The minimum absolute atomic E-state index is 0.00308. The fraction of sp³-hybridized carbons (Fsp3) is 0.350. The van der Waals surface area contributed by atoms with E-state index in [1.165, 1.54) is 12.1 Å². The number of amides is 1. The first kappa shape index (κ1) is 23.7. The maximum atomic E-state index is 13.2. The number of rotatable bonds is 7. The van der Waals surface area contributed by atoms with Gasteiger partial charge in [0.15, 0.2) is 12.4 Å². The summed E-state index contributed by atoms with van der Waals surface area (Å²) < 4.78 is 24.4. The predicted octanol–water partition coefficient (Wildman–Crippen LogP) is 6.68. The summed E-state index contributed by atoms with van der Waals surface area (Å²) in [5.74, 6) is -0.700. The van der Waals surface area contributed by atoms with Gasteiger partial charge in [-0.2, -0.15) is 0 Å². The summed E-state index contributed by atoms with van der Waals surface area (Å²) in [6.45, 7) is 0.948. The van der Waals surface area contributed by atoms with Gasteiger partial charge in [-0.25, -0.2) is 4.39 Å². The summed E-state index contributed by atoms with van der Waals surface area (Å²) in [6.07, 6.45) is 1.72. The number of hydrogen-bond acceptors (Lipinski definition) is 3. The molecule has 0 bridgehead atoms. The molecule has 0 radical (unpaired) electrons. The molecule has 1 saturated heterocycles. The van der Waals surface area contributed by atoms with Gasteiger partial charge in [-0.1, -0.05) is 70.1 Å². The van der Waals surface area contributed by atoms with Crippen molar-refractivity contribution in [2.75, 3.05) is 19.8 Å². The van der Waals surface area contributed by atoms with Crippen molar-refractivity contribution in [1.29, 1.82) is 0 Å². The minimum atomic E-state index is -0.359. The second-order valence-corrected chi connectivity index (χ2v) is 8.61. The lowest BCUT2D eigenvalue weighted by molar-refractivity contribution is -0.135. The van der Waals surface area contributed by atoms with E-state index >= 15 is 0 Å². The molecule has 2 aromatic rings. The van der Waals surface area contributed by atoms with Crippen molar-refractivity contribution in [3.63, 3.8) is 0 Å². The van der Waals surface area contributed by atoms with E-state index in [4.69, 9.17) is 67.5 Å². The van der Waals surface area contributed by atoms with Crippen molar-refractivity contribution in [2.24, 2.45) is 0 Å². The summed E-state index contributed by atoms with van der Waals surface area (Å²) in [6, 6.07) is 5.94. The normalized spacial score (nSPS) is 16.0. The van der Waals surface area contributed by atoms with Crippen molar-refractivity contribution in [1.82, 2.24) is 4.90 Å². The van der Waals surface area contributed by atoms with Crippen molar-refractivity contribution in [2.45, 2.75) is 25.5 Å². The Morgan fingerprint density at radius 3 is 2.20 bits per heavy atom. The van der Waals surface area contributed by atoms with Gasteiger partial charge in [-0.15, -0.1) is 0 Å². The van der Waals surface area contributed by atoms with Gasteiger partial charge in [0.2, 0.25) is 0 Å². The van der Waals surface area contributed by atoms with Gasteiger partial charge >= 0.3 is 0 Å². The molecule has 0 spiro atoms. The summed E-state index contributed by atoms with van der Waals surface area (Å²) in [5, 5.41) is -0.0973. The van der Waals surface area contributed by atoms with Crippen LogP contribution in [0.4, 0.5) is 4.39 Å². The van der Waals surface area contributed by atoms with Gasteiger partial charge in [0, 0.05) is 19.7 Å². The standard InChI is InChI=1S/C20H17Cl5FNO3/c21-15-16(22)18(24)20(19(25)17(15)23)30-10-14(28)27(9-13-2-1-7-29-13)8-11-3-5-12(26)6-4-11/h3-6,13H,1-2,7-10H2. The van der Waals surface area contributed by atoms with Gasteiger partial charge in [0.05, 0.1) is 21.2 Å². The smallest absolute Gasteiger partial charge is 0.260 e. The monoisotopic (exact) mass is 513 g/mol. The lowest BCUT2D eigenvalue weighted by Crippen LogP contribution is -2.39. The Morgan fingerprint density at radius 1 is 1.03 bits per heavy atom.